The number of nitrogens with zero attached hydrogens (tertiary/aromatic N) is 3. The Labute approximate surface area is 114 Å². The lowest BCUT2D eigenvalue weighted by Crippen LogP contribution is -2.02. The molecule has 2 rings (SSSR count). The van der Waals surface area contributed by atoms with Crippen LogP contribution in [0, 0.1) is 10.1 Å². The van der Waals surface area contributed by atoms with Crippen LogP contribution in [0.1, 0.15) is 5.56 Å². The molecule has 0 saturated heterocycles. The second-order valence-electron chi connectivity index (χ2n) is 3.37. The lowest BCUT2D eigenvalue weighted by Gasteiger charge is -2.03. The number of non-ortho nitro benzene ring substituents is 1. The Bertz CT molecular complexity index is 568. The minimum atomic E-state index is -0.405. The zero-order chi connectivity index (χ0) is 12.4. The molecule has 1 aromatic carbocycles. The summed E-state index contributed by atoms with van der Waals surface area (Å²) < 4.78 is 3.24. The van der Waals surface area contributed by atoms with Gasteiger partial charge in [0.1, 0.15) is 9.21 Å². The third kappa shape index (κ3) is 2.92. The molecule has 0 saturated carbocycles. The molecular weight excluding hydrogens is 354 g/mol. The van der Waals surface area contributed by atoms with Crippen molar-refractivity contribution in [3.8, 4) is 0 Å². The lowest BCUT2D eigenvalue weighted by molar-refractivity contribution is -0.384. The van der Waals surface area contributed by atoms with Crippen molar-refractivity contribution in [2.45, 2.75) is 6.54 Å². The predicted octanol–water partition coefficient (Wildman–Crippen LogP) is 3.36. The summed E-state index contributed by atoms with van der Waals surface area (Å²) >= 11 is 6.62. The van der Waals surface area contributed by atoms with Crippen LogP contribution < -0.4 is 0 Å². The summed E-state index contributed by atoms with van der Waals surface area (Å²) in [4.78, 5) is 10.2. The Morgan fingerprint density at radius 3 is 2.71 bits per heavy atom. The van der Waals surface area contributed by atoms with Crippen molar-refractivity contribution in [3.63, 3.8) is 0 Å². The van der Waals surface area contributed by atoms with Crippen molar-refractivity contribution < 1.29 is 4.92 Å². The summed E-state index contributed by atoms with van der Waals surface area (Å²) in [5.74, 6) is 0. The van der Waals surface area contributed by atoms with Crippen molar-refractivity contribution in [1.29, 1.82) is 0 Å². The minimum Gasteiger partial charge on any atom is -0.258 e. The van der Waals surface area contributed by atoms with Gasteiger partial charge in [0.2, 0.25) is 0 Å². The van der Waals surface area contributed by atoms with E-state index >= 15 is 0 Å². The van der Waals surface area contributed by atoms with E-state index in [1.807, 2.05) is 12.1 Å². The molecule has 0 aliphatic heterocycles. The Hall–Kier alpha value is -1.21. The van der Waals surface area contributed by atoms with Gasteiger partial charge in [0, 0.05) is 18.2 Å². The highest BCUT2D eigenvalue weighted by atomic mass is 79.9. The molecule has 0 N–H and O–H groups in total. The van der Waals surface area contributed by atoms with Gasteiger partial charge in [-0.2, -0.15) is 5.10 Å². The molecule has 7 heteroatoms. The minimum absolute atomic E-state index is 0.0878. The molecule has 88 valence electrons. The molecule has 2 aromatic rings. The first-order valence-electron chi connectivity index (χ1n) is 4.68. The monoisotopic (exact) mass is 359 g/mol. The van der Waals surface area contributed by atoms with E-state index in [2.05, 4.69) is 37.0 Å². The van der Waals surface area contributed by atoms with Gasteiger partial charge in [-0.1, -0.05) is 12.1 Å². The molecule has 0 atom stereocenters. The van der Waals surface area contributed by atoms with Gasteiger partial charge < -0.3 is 0 Å². The van der Waals surface area contributed by atoms with Crippen LogP contribution in [-0.4, -0.2) is 14.7 Å². The van der Waals surface area contributed by atoms with E-state index in [4.69, 9.17) is 0 Å². The summed E-state index contributed by atoms with van der Waals surface area (Å²) in [5, 5.41) is 14.8. The molecule has 0 unspecified atom stereocenters. The molecule has 0 aliphatic rings. The third-order valence-electron chi connectivity index (χ3n) is 2.15. The Morgan fingerprint density at radius 1 is 1.35 bits per heavy atom. The Kier molecular flexibility index (Phi) is 3.58. The number of nitro groups is 1. The highest BCUT2D eigenvalue weighted by Crippen LogP contribution is 2.19. The fourth-order valence-electron chi connectivity index (χ4n) is 1.42. The van der Waals surface area contributed by atoms with Gasteiger partial charge in [-0.25, -0.2) is 0 Å². The fraction of sp³-hybridized carbons (Fsp3) is 0.100. The third-order valence-corrected chi connectivity index (χ3v) is 3.18. The molecule has 1 heterocycles. The maximum atomic E-state index is 10.6. The van der Waals surface area contributed by atoms with Crippen LogP contribution in [-0.2, 0) is 6.54 Å². The second-order valence-corrected chi connectivity index (χ2v) is 5.00. The first-order valence-corrected chi connectivity index (χ1v) is 6.27. The van der Waals surface area contributed by atoms with Gasteiger partial charge in [-0.05, 0) is 37.4 Å². The van der Waals surface area contributed by atoms with Gasteiger partial charge in [0.05, 0.1) is 11.5 Å². The molecule has 0 aliphatic carbocycles. The standard InChI is InChI=1S/C10H7Br2N3O2/c11-9-5-10(12)14(13-9)6-7-2-1-3-8(4-7)15(16)17/h1-5H,6H2. The van der Waals surface area contributed by atoms with Crippen LogP contribution >= 0.6 is 31.9 Å². The maximum Gasteiger partial charge on any atom is 0.269 e. The predicted molar refractivity (Wildman–Crippen MR) is 69.8 cm³/mol. The zero-order valence-electron chi connectivity index (χ0n) is 8.51. The lowest BCUT2D eigenvalue weighted by atomic mass is 10.2. The van der Waals surface area contributed by atoms with Gasteiger partial charge in [0.15, 0.2) is 0 Å². The Morgan fingerprint density at radius 2 is 2.12 bits per heavy atom. The van der Waals surface area contributed by atoms with E-state index in [0.717, 1.165) is 14.8 Å². The van der Waals surface area contributed by atoms with Crippen LogP contribution in [0.4, 0.5) is 5.69 Å². The first kappa shape index (κ1) is 12.3. The fourth-order valence-corrected chi connectivity index (χ4v) is 2.55. The van der Waals surface area contributed by atoms with E-state index in [1.165, 1.54) is 6.07 Å². The number of rotatable bonds is 3. The van der Waals surface area contributed by atoms with E-state index in [9.17, 15) is 10.1 Å². The van der Waals surface area contributed by atoms with Gasteiger partial charge in [-0.15, -0.1) is 0 Å². The van der Waals surface area contributed by atoms with Crippen LogP contribution in [0.3, 0.4) is 0 Å². The zero-order valence-corrected chi connectivity index (χ0v) is 11.7. The molecule has 1 aromatic heterocycles. The number of benzene rings is 1. The van der Waals surface area contributed by atoms with E-state index < -0.39 is 4.92 Å². The summed E-state index contributed by atoms with van der Waals surface area (Å²) in [6, 6.07) is 8.33. The van der Waals surface area contributed by atoms with E-state index in [0.29, 0.717) is 6.54 Å². The van der Waals surface area contributed by atoms with Gasteiger partial charge in [0.25, 0.3) is 5.69 Å². The second kappa shape index (κ2) is 4.97. The topological polar surface area (TPSA) is 61.0 Å². The molecule has 0 amide bonds. The van der Waals surface area contributed by atoms with Crippen LogP contribution in [0.25, 0.3) is 0 Å². The smallest absolute Gasteiger partial charge is 0.258 e. The van der Waals surface area contributed by atoms with Crippen molar-refractivity contribution in [3.05, 3.63) is 55.2 Å². The molecule has 0 bridgehead atoms. The number of hydrogen-bond acceptors (Lipinski definition) is 3. The van der Waals surface area contributed by atoms with Gasteiger partial charge >= 0.3 is 0 Å². The van der Waals surface area contributed by atoms with Crippen LogP contribution in [0.5, 0.6) is 0 Å². The molecule has 5 nitrogen and oxygen atoms in total. The maximum absolute atomic E-state index is 10.6. The molecular formula is C10H7Br2N3O2. The number of aromatic nitrogens is 2. The summed E-state index contributed by atoms with van der Waals surface area (Å²) in [6.45, 7) is 0.480. The van der Waals surface area contributed by atoms with Crippen LogP contribution in [0.2, 0.25) is 0 Å². The van der Waals surface area contributed by atoms with Crippen LogP contribution in [0.15, 0.2) is 39.5 Å². The first-order chi connectivity index (χ1) is 8.06. The van der Waals surface area contributed by atoms with Crippen molar-refractivity contribution >= 4 is 37.5 Å². The molecule has 0 spiro atoms. The van der Waals surface area contributed by atoms with Crippen molar-refractivity contribution in [2.75, 3.05) is 0 Å². The summed E-state index contributed by atoms with van der Waals surface area (Å²) in [5.41, 5.74) is 0.917. The number of hydrogen-bond donors (Lipinski definition) is 0. The highest BCUT2D eigenvalue weighted by Gasteiger charge is 2.08. The Balaban J connectivity index is 2.27. The number of halogens is 2. The van der Waals surface area contributed by atoms with Crippen molar-refractivity contribution in [2.24, 2.45) is 0 Å². The normalized spacial score (nSPS) is 10.5. The van der Waals surface area contributed by atoms with E-state index in [-0.39, 0.29) is 5.69 Å². The van der Waals surface area contributed by atoms with Crippen molar-refractivity contribution in [1.82, 2.24) is 9.78 Å². The number of nitro benzene ring substituents is 1. The summed E-state index contributed by atoms with van der Waals surface area (Å²) in [6.07, 6.45) is 0. The average Bonchev–Trinajstić information content (AvgIpc) is 2.58. The van der Waals surface area contributed by atoms with E-state index in [1.54, 1.807) is 16.8 Å². The molecule has 0 radical (unpaired) electrons. The highest BCUT2D eigenvalue weighted by molar-refractivity contribution is 9.11. The SMILES string of the molecule is O=[N+]([O-])c1cccc(Cn2nc(Br)cc2Br)c1. The summed E-state index contributed by atoms with van der Waals surface area (Å²) in [7, 11) is 0. The van der Waals surface area contributed by atoms with Gasteiger partial charge in [-0.3, -0.25) is 14.8 Å². The molecule has 17 heavy (non-hydrogen) atoms. The molecule has 0 fully saturated rings. The largest absolute Gasteiger partial charge is 0.269 e. The average molecular weight is 361 g/mol. The quantitative estimate of drug-likeness (QED) is 0.622.